The molecular weight excluding hydrogens is 254 g/mol. The number of benzene rings is 1. The van der Waals surface area contributed by atoms with Gasteiger partial charge in [-0.1, -0.05) is 0 Å². The lowest BCUT2D eigenvalue weighted by Crippen LogP contribution is -2.55. The third-order valence-electron chi connectivity index (χ3n) is 5.01. The van der Waals surface area contributed by atoms with E-state index in [1.54, 1.807) is 7.11 Å². The van der Waals surface area contributed by atoms with Gasteiger partial charge in [-0.05, 0) is 56.7 Å². The van der Waals surface area contributed by atoms with E-state index in [4.69, 9.17) is 9.57 Å². The van der Waals surface area contributed by atoms with Gasteiger partial charge >= 0.3 is 0 Å². The number of phenols is 1. The molecule has 0 saturated heterocycles. The summed E-state index contributed by atoms with van der Waals surface area (Å²) in [5.41, 5.74) is 5.94. The van der Waals surface area contributed by atoms with E-state index in [0.29, 0.717) is 11.7 Å². The average molecular weight is 277 g/mol. The molecular formula is C16H23NO3. The first-order chi connectivity index (χ1) is 9.57. The van der Waals surface area contributed by atoms with E-state index in [1.165, 1.54) is 6.42 Å². The van der Waals surface area contributed by atoms with E-state index in [-0.39, 0.29) is 5.60 Å². The summed E-state index contributed by atoms with van der Waals surface area (Å²) in [6.07, 6.45) is 4.39. The van der Waals surface area contributed by atoms with Crippen LogP contribution in [0.1, 0.15) is 36.0 Å². The number of fused-ring (bicyclic) bond motifs is 1. The number of phenolic OH excluding ortho intramolecular Hbond substituents is 1. The van der Waals surface area contributed by atoms with Crippen molar-refractivity contribution >= 4 is 0 Å². The van der Waals surface area contributed by atoms with Crippen molar-refractivity contribution in [2.24, 2.45) is 5.92 Å². The molecule has 4 heteroatoms. The smallest absolute Gasteiger partial charge is 0.124 e. The third-order valence-corrected chi connectivity index (χ3v) is 5.01. The summed E-state index contributed by atoms with van der Waals surface area (Å²) in [4.78, 5) is 5.01. The Morgan fingerprint density at radius 1 is 1.45 bits per heavy atom. The van der Waals surface area contributed by atoms with E-state index in [2.05, 4.69) is 5.48 Å². The molecule has 1 fully saturated rings. The molecule has 1 aromatic rings. The quantitative estimate of drug-likeness (QED) is 0.834. The highest BCUT2D eigenvalue weighted by Gasteiger charge is 2.49. The number of nitrogens with one attached hydrogen (secondary N) is 1. The molecule has 20 heavy (non-hydrogen) atoms. The lowest BCUT2D eigenvalue weighted by atomic mass is 9.67. The molecule has 1 saturated carbocycles. The van der Waals surface area contributed by atoms with Crippen LogP contribution in [0.25, 0.3) is 0 Å². The Bertz CT molecular complexity index is 523. The van der Waals surface area contributed by atoms with Crippen molar-refractivity contribution < 1.29 is 14.7 Å². The summed E-state index contributed by atoms with van der Waals surface area (Å²) >= 11 is 0. The molecule has 0 aromatic heterocycles. The molecule has 2 N–H and O–H groups in total. The molecule has 0 radical (unpaired) electrons. The van der Waals surface area contributed by atoms with Crippen LogP contribution in [0.4, 0.5) is 0 Å². The lowest BCUT2D eigenvalue weighted by molar-refractivity contribution is -0.0824. The predicted molar refractivity (Wildman–Crippen MR) is 77.0 cm³/mol. The summed E-state index contributed by atoms with van der Waals surface area (Å²) < 4.78 is 6.38. The highest BCUT2D eigenvalue weighted by molar-refractivity contribution is 5.53. The van der Waals surface area contributed by atoms with Gasteiger partial charge < -0.3 is 14.7 Å². The summed E-state index contributed by atoms with van der Waals surface area (Å²) in [6.45, 7) is 4.69. The summed E-state index contributed by atoms with van der Waals surface area (Å²) in [7, 11) is 1.64. The van der Waals surface area contributed by atoms with Crippen LogP contribution in [-0.2, 0) is 11.3 Å². The topological polar surface area (TPSA) is 50.7 Å². The van der Waals surface area contributed by atoms with E-state index in [0.717, 1.165) is 48.2 Å². The molecule has 4 nitrogen and oxygen atoms in total. The minimum Gasteiger partial charge on any atom is -0.507 e. The summed E-state index contributed by atoms with van der Waals surface area (Å²) in [5.74, 6) is 1.76. The molecule has 1 aliphatic heterocycles. The van der Waals surface area contributed by atoms with Crippen LogP contribution in [0, 0.1) is 19.8 Å². The first kappa shape index (κ1) is 13.7. The fourth-order valence-electron chi connectivity index (χ4n) is 3.53. The maximum absolute atomic E-state index is 10.1. The van der Waals surface area contributed by atoms with Crippen molar-refractivity contribution in [2.45, 2.75) is 45.1 Å². The molecule has 1 aliphatic carbocycles. The van der Waals surface area contributed by atoms with Gasteiger partial charge in [0.05, 0.1) is 7.11 Å². The van der Waals surface area contributed by atoms with Crippen LogP contribution < -0.4 is 10.2 Å². The van der Waals surface area contributed by atoms with Crippen LogP contribution in [0.3, 0.4) is 0 Å². The number of ether oxygens (including phenoxy) is 1. The Morgan fingerprint density at radius 3 is 2.80 bits per heavy atom. The number of aromatic hydroxyl groups is 1. The Morgan fingerprint density at radius 2 is 2.20 bits per heavy atom. The zero-order valence-electron chi connectivity index (χ0n) is 12.5. The van der Waals surface area contributed by atoms with Gasteiger partial charge in [0, 0.05) is 18.0 Å². The Balaban J connectivity index is 1.96. The molecule has 3 rings (SSSR count). The van der Waals surface area contributed by atoms with Gasteiger partial charge in [-0.25, -0.2) is 5.48 Å². The van der Waals surface area contributed by atoms with Crippen molar-refractivity contribution in [1.82, 2.24) is 5.48 Å². The van der Waals surface area contributed by atoms with Crippen molar-refractivity contribution in [3.63, 3.8) is 0 Å². The standard InChI is InChI=1S/C16H23NO3/c1-10-7-14-13(11(2)15(10)18)8-12(9-17-19-3)16(20-14)5-4-6-16/h7,12,17-18H,4-6,8-9H2,1-3H3. The number of aryl methyl sites for hydroxylation is 1. The number of hydroxylamine groups is 1. The molecule has 1 spiro atoms. The zero-order valence-corrected chi connectivity index (χ0v) is 12.5. The average Bonchev–Trinajstić information content (AvgIpc) is 2.40. The van der Waals surface area contributed by atoms with Crippen LogP contribution in [0.2, 0.25) is 0 Å². The summed E-state index contributed by atoms with van der Waals surface area (Å²) in [5, 5.41) is 10.1. The van der Waals surface area contributed by atoms with Crippen molar-refractivity contribution in [1.29, 1.82) is 0 Å². The Kier molecular flexibility index (Phi) is 3.38. The maximum Gasteiger partial charge on any atom is 0.124 e. The van der Waals surface area contributed by atoms with Crippen LogP contribution in [0.5, 0.6) is 11.5 Å². The van der Waals surface area contributed by atoms with E-state index in [9.17, 15) is 5.11 Å². The normalized spacial score (nSPS) is 23.1. The van der Waals surface area contributed by atoms with Gasteiger partial charge in [0.25, 0.3) is 0 Å². The van der Waals surface area contributed by atoms with Crippen LogP contribution in [0.15, 0.2) is 6.07 Å². The monoisotopic (exact) mass is 277 g/mol. The van der Waals surface area contributed by atoms with Gasteiger partial charge in [-0.15, -0.1) is 0 Å². The van der Waals surface area contributed by atoms with Crippen molar-refractivity contribution in [3.8, 4) is 11.5 Å². The van der Waals surface area contributed by atoms with E-state index in [1.807, 2.05) is 19.9 Å². The molecule has 1 aromatic carbocycles. The predicted octanol–water partition coefficient (Wildman–Crippen LogP) is 2.63. The Labute approximate surface area is 120 Å². The van der Waals surface area contributed by atoms with Gasteiger partial charge in [0.1, 0.15) is 17.1 Å². The van der Waals surface area contributed by atoms with Crippen LogP contribution in [-0.4, -0.2) is 24.4 Å². The molecule has 0 amide bonds. The molecule has 0 bridgehead atoms. The fraction of sp³-hybridized carbons (Fsp3) is 0.625. The number of rotatable bonds is 3. The van der Waals surface area contributed by atoms with Gasteiger partial charge in [0.2, 0.25) is 0 Å². The lowest BCUT2D eigenvalue weighted by Gasteiger charge is -2.51. The van der Waals surface area contributed by atoms with Crippen molar-refractivity contribution in [2.75, 3.05) is 13.7 Å². The second kappa shape index (κ2) is 4.93. The van der Waals surface area contributed by atoms with Gasteiger partial charge in [0.15, 0.2) is 0 Å². The molecule has 2 aliphatic rings. The molecule has 110 valence electrons. The SMILES string of the molecule is CONCC1Cc2c(cc(C)c(O)c2C)OC12CCC2. The Hall–Kier alpha value is -1.26. The summed E-state index contributed by atoms with van der Waals surface area (Å²) in [6, 6.07) is 1.98. The minimum absolute atomic E-state index is 0.0334. The highest BCUT2D eigenvalue weighted by atomic mass is 16.6. The second-order valence-electron chi connectivity index (χ2n) is 6.12. The zero-order chi connectivity index (χ0) is 14.3. The van der Waals surface area contributed by atoms with E-state index < -0.39 is 0 Å². The first-order valence-corrected chi connectivity index (χ1v) is 7.34. The third kappa shape index (κ3) is 1.98. The fourth-order valence-corrected chi connectivity index (χ4v) is 3.53. The maximum atomic E-state index is 10.1. The molecule has 1 heterocycles. The molecule has 1 atom stereocenters. The van der Waals surface area contributed by atoms with Crippen LogP contribution >= 0.6 is 0 Å². The first-order valence-electron chi connectivity index (χ1n) is 7.34. The van der Waals surface area contributed by atoms with Gasteiger partial charge in [-0.3, -0.25) is 0 Å². The minimum atomic E-state index is -0.0334. The second-order valence-corrected chi connectivity index (χ2v) is 6.12. The molecule has 1 unspecified atom stereocenters. The van der Waals surface area contributed by atoms with Crippen molar-refractivity contribution in [3.05, 3.63) is 22.8 Å². The van der Waals surface area contributed by atoms with Gasteiger partial charge in [-0.2, -0.15) is 0 Å². The number of hydrogen-bond donors (Lipinski definition) is 2. The number of hydrogen-bond acceptors (Lipinski definition) is 4. The highest BCUT2D eigenvalue weighted by Crippen LogP contribution is 2.50. The van der Waals surface area contributed by atoms with E-state index >= 15 is 0 Å². The largest absolute Gasteiger partial charge is 0.507 e.